The second-order valence-corrected chi connectivity index (χ2v) is 8.19. The first kappa shape index (κ1) is 22.3. The van der Waals surface area contributed by atoms with E-state index in [-0.39, 0.29) is 24.9 Å². The Morgan fingerprint density at radius 1 is 1.06 bits per heavy atom. The van der Waals surface area contributed by atoms with E-state index in [1.54, 1.807) is 12.1 Å². The van der Waals surface area contributed by atoms with Gasteiger partial charge in [-0.2, -0.15) is 0 Å². The third kappa shape index (κ3) is 6.04. The molecule has 1 atom stereocenters. The average molecular weight is 420 g/mol. The highest BCUT2D eigenvalue weighted by atomic mass is 16.4. The number of fused-ring (bicyclic) bond motifs is 1. The molecule has 3 rings (SSSR count). The fourth-order valence-corrected chi connectivity index (χ4v) is 3.60. The van der Waals surface area contributed by atoms with Crippen molar-refractivity contribution in [2.24, 2.45) is 5.92 Å². The van der Waals surface area contributed by atoms with Gasteiger partial charge in [-0.3, -0.25) is 9.59 Å². The normalized spacial score (nSPS) is 12.0. The summed E-state index contributed by atoms with van der Waals surface area (Å²) in [4.78, 5) is 27.6. The van der Waals surface area contributed by atoms with Gasteiger partial charge in [0, 0.05) is 17.5 Å². The first-order chi connectivity index (χ1) is 14.8. The van der Waals surface area contributed by atoms with Crippen LogP contribution < -0.4 is 10.6 Å². The van der Waals surface area contributed by atoms with Gasteiger partial charge in [0.05, 0.1) is 18.0 Å². The summed E-state index contributed by atoms with van der Waals surface area (Å²) in [6.07, 6.45) is 0.820. The second kappa shape index (κ2) is 10.1. The van der Waals surface area contributed by atoms with Crippen molar-refractivity contribution < 1.29 is 14.7 Å². The van der Waals surface area contributed by atoms with E-state index in [0.29, 0.717) is 11.5 Å². The summed E-state index contributed by atoms with van der Waals surface area (Å²) in [7, 11) is 0. The zero-order valence-corrected chi connectivity index (χ0v) is 18.2. The molecule has 1 unspecified atom stereocenters. The van der Waals surface area contributed by atoms with Crippen LogP contribution in [0.5, 0.6) is 0 Å². The van der Waals surface area contributed by atoms with Crippen molar-refractivity contribution in [3.05, 3.63) is 71.3 Å². The van der Waals surface area contributed by atoms with Crippen LogP contribution in [0.1, 0.15) is 54.2 Å². The van der Waals surface area contributed by atoms with Crippen molar-refractivity contribution in [2.45, 2.75) is 39.7 Å². The van der Waals surface area contributed by atoms with Gasteiger partial charge in [0.2, 0.25) is 0 Å². The SMILES string of the molecule is Cc1cc(NC(CC(C)C)c2ccc(C(=O)NCCC(=O)O)cc2)nc2ccccc12. The van der Waals surface area contributed by atoms with E-state index in [1.165, 1.54) is 5.56 Å². The molecule has 3 N–H and O–H groups in total. The molecule has 0 aliphatic rings. The molecule has 0 fully saturated rings. The van der Waals surface area contributed by atoms with Crippen LogP contribution in [-0.2, 0) is 4.79 Å². The molecule has 0 saturated carbocycles. The number of carboxylic acids is 1. The van der Waals surface area contributed by atoms with Crippen LogP contribution in [0.2, 0.25) is 0 Å². The van der Waals surface area contributed by atoms with Crippen LogP contribution in [0.4, 0.5) is 5.82 Å². The monoisotopic (exact) mass is 419 g/mol. The standard InChI is InChI=1S/C25H29N3O3/c1-16(2)14-22(28-23-15-17(3)20-6-4-5-7-21(20)27-23)18-8-10-19(11-9-18)25(31)26-13-12-24(29)30/h4-11,15-16,22H,12-14H2,1-3H3,(H,26,31)(H,27,28)(H,29,30). The van der Waals surface area contributed by atoms with E-state index in [2.05, 4.69) is 43.5 Å². The molecular formula is C25H29N3O3. The quantitative estimate of drug-likeness (QED) is 0.457. The lowest BCUT2D eigenvalue weighted by molar-refractivity contribution is -0.136. The van der Waals surface area contributed by atoms with E-state index in [0.717, 1.165) is 28.7 Å². The molecule has 1 heterocycles. The Morgan fingerprint density at radius 3 is 2.45 bits per heavy atom. The zero-order chi connectivity index (χ0) is 22.4. The number of amides is 1. The number of nitrogens with one attached hydrogen (secondary N) is 2. The van der Waals surface area contributed by atoms with Gasteiger partial charge in [-0.05, 0) is 54.7 Å². The highest BCUT2D eigenvalue weighted by Crippen LogP contribution is 2.28. The average Bonchev–Trinajstić information content (AvgIpc) is 2.73. The number of aliphatic carboxylic acids is 1. The van der Waals surface area contributed by atoms with Crippen molar-refractivity contribution in [2.75, 3.05) is 11.9 Å². The molecule has 0 radical (unpaired) electrons. The van der Waals surface area contributed by atoms with Gasteiger partial charge >= 0.3 is 5.97 Å². The Hall–Kier alpha value is -3.41. The second-order valence-electron chi connectivity index (χ2n) is 8.19. The van der Waals surface area contributed by atoms with Gasteiger partial charge in [-0.15, -0.1) is 0 Å². The van der Waals surface area contributed by atoms with Gasteiger partial charge in [-0.1, -0.05) is 44.2 Å². The number of nitrogens with zero attached hydrogens (tertiary/aromatic N) is 1. The Morgan fingerprint density at radius 2 is 1.77 bits per heavy atom. The molecule has 6 nitrogen and oxygen atoms in total. The molecule has 0 spiro atoms. The lowest BCUT2D eigenvalue weighted by Crippen LogP contribution is -2.26. The number of carbonyl (C=O) groups excluding carboxylic acids is 1. The van der Waals surface area contributed by atoms with Crippen molar-refractivity contribution in [1.29, 1.82) is 0 Å². The molecule has 1 aromatic heterocycles. The Bertz CT molecular complexity index is 1060. The van der Waals surface area contributed by atoms with Crippen LogP contribution in [0.25, 0.3) is 10.9 Å². The summed E-state index contributed by atoms with van der Waals surface area (Å²) in [5, 5.41) is 16.1. The first-order valence-corrected chi connectivity index (χ1v) is 10.6. The molecule has 0 saturated heterocycles. The largest absolute Gasteiger partial charge is 0.481 e. The van der Waals surface area contributed by atoms with Gasteiger partial charge in [-0.25, -0.2) is 4.98 Å². The number of pyridine rings is 1. The molecule has 0 bridgehead atoms. The number of hydrogen-bond donors (Lipinski definition) is 3. The minimum Gasteiger partial charge on any atom is -0.481 e. The number of aromatic nitrogens is 1. The molecular weight excluding hydrogens is 390 g/mol. The lowest BCUT2D eigenvalue weighted by Gasteiger charge is -2.22. The number of para-hydroxylation sites is 1. The predicted molar refractivity (Wildman–Crippen MR) is 123 cm³/mol. The summed E-state index contributed by atoms with van der Waals surface area (Å²) in [6.45, 7) is 6.56. The Kier molecular flexibility index (Phi) is 7.23. The number of anilines is 1. The van der Waals surface area contributed by atoms with Gasteiger partial charge in [0.1, 0.15) is 5.82 Å². The van der Waals surface area contributed by atoms with Crippen LogP contribution >= 0.6 is 0 Å². The maximum absolute atomic E-state index is 12.2. The number of aryl methyl sites for hydroxylation is 1. The van der Waals surface area contributed by atoms with E-state index < -0.39 is 5.97 Å². The van der Waals surface area contributed by atoms with Gasteiger partial charge in [0.15, 0.2) is 0 Å². The maximum Gasteiger partial charge on any atom is 0.305 e. The fourth-order valence-electron chi connectivity index (χ4n) is 3.60. The number of carbonyl (C=O) groups is 2. The van der Waals surface area contributed by atoms with Gasteiger partial charge < -0.3 is 15.7 Å². The minimum absolute atomic E-state index is 0.0529. The molecule has 6 heteroatoms. The number of benzene rings is 2. The van der Waals surface area contributed by atoms with Crippen LogP contribution in [0.15, 0.2) is 54.6 Å². The third-order valence-electron chi connectivity index (χ3n) is 5.15. The lowest BCUT2D eigenvalue weighted by atomic mass is 9.96. The molecule has 3 aromatic rings. The Balaban J connectivity index is 1.78. The smallest absolute Gasteiger partial charge is 0.305 e. The number of carboxylic acid groups (broad SMARTS) is 1. The number of hydrogen-bond acceptors (Lipinski definition) is 4. The molecule has 0 aliphatic heterocycles. The number of rotatable bonds is 9. The first-order valence-electron chi connectivity index (χ1n) is 10.6. The van der Waals surface area contributed by atoms with Gasteiger partial charge in [0.25, 0.3) is 5.91 Å². The highest BCUT2D eigenvalue weighted by Gasteiger charge is 2.16. The summed E-state index contributed by atoms with van der Waals surface area (Å²) >= 11 is 0. The van der Waals surface area contributed by atoms with Crippen LogP contribution in [-0.4, -0.2) is 28.5 Å². The summed E-state index contributed by atoms with van der Waals surface area (Å²) in [5.41, 5.74) is 3.71. The van der Waals surface area contributed by atoms with Crippen molar-refractivity contribution >= 4 is 28.6 Å². The summed E-state index contributed by atoms with van der Waals surface area (Å²) < 4.78 is 0. The van der Waals surface area contributed by atoms with E-state index in [4.69, 9.17) is 10.1 Å². The van der Waals surface area contributed by atoms with Crippen LogP contribution in [0, 0.1) is 12.8 Å². The molecule has 2 aromatic carbocycles. The van der Waals surface area contributed by atoms with E-state index in [1.807, 2.05) is 30.3 Å². The Labute approximate surface area is 182 Å². The predicted octanol–water partition coefficient (Wildman–Crippen LogP) is 4.95. The van der Waals surface area contributed by atoms with Crippen molar-refractivity contribution in [1.82, 2.24) is 10.3 Å². The fraction of sp³-hybridized carbons (Fsp3) is 0.320. The molecule has 31 heavy (non-hydrogen) atoms. The van der Waals surface area contributed by atoms with Crippen LogP contribution in [0.3, 0.4) is 0 Å². The summed E-state index contributed by atoms with van der Waals surface area (Å²) in [6, 6.07) is 17.7. The minimum atomic E-state index is -0.934. The molecule has 162 valence electrons. The zero-order valence-electron chi connectivity index (χ0n) is 18.2. The molecule has 0 aliphatic carbocycles. The summed E-state index contributed by atoms with van der Waals surface area (Å²) in [5.74, 6) is 0.0964. The van der Waals surface area contributed by atoms with Crippen molar-refractivity contribution in [3.8, 4) is 0 Å². The van der Waals surface area contributed by atoms with E-state index in [9.17, 15) is 9.59 Å². The maximum atomic E-state index is 12.2. The molecule has 1 amide bonds. The topological polar surface area (TPSA) is 91.3 Å². The van der Waals surface area contributed by atoms with Crippen molar-refractivity contribution in [3.63, 3.8) is 0 Å². The highest BCUT2D eigenvalue weighted by molar-refractivity contribution is 5.94. The van der Waals surface area contributed by atoms with E-state index >= 15 is 0 Å². The third-order valence-corrected chi connectivity index (χ3v) is 5.15.